The van der Waals surface area contributed by atoms with Crippen LogP contribution in [0.25, 0.3) is 0 Å². The molecule has 0 saturated heterocycles. The van der Waals surface area contributed by atoms with Gasteiger partial charge in [-0.05, 0) is 19.3 Å². The Morgan fingerprint density at radius 1 is 1.24 bits per heavy atom. The first-order chi connectivity index (χ1) is 10.1. The minimum Gasteiger partial charge on any atom is -0.493 e. The van der Waals surface area contributed by atoms with Crippen LogP contribution in [0, 0.1) is 5.92 Å². The van der Waals surface area contributed by atoms with Gasteiger partial charge in [0.05, 0.1) is 12.7 Å². The first-order valence-electron chi connectivity index (χ1n) is 7.37. The Labute approximate surface area is 125 Å². The number of carboxylic acid groups (broad SMARTS) is 1. The fourth-order valence-electron chi connectivity index (χ4n) is 2.65. The number of carboxylic acids is 1. The summed E-state index contributed by atoms with van der Waals surface area (Å²) in [6, 6.07) is 0. The first kappa shape index (κ1) is 17.3. The minimum atomic E-state index is -0.942. The van der Waals surface area contributed by atoms with Gasteiger partial charge in [0.1, 0.15) is 12.4 Å². The topological polar surface area (TPSA) is 72.8 Å². The summed E-state index contributed by atoms with van der Waals surface area (Å²) in [6.45, 7) is 3.92. The molecule has 1 fully saturated rings. The van der Waals surface area contributed by atoms with E-state index in [9.17, 15) is 9.59 Å². The molecule has 1 saturated carbocycles. The zero-order chi connectivity index (χ0) is 15.7. The van der Waals surface area contributed by atoms with E-state index >= 15 is 0 Å². The van der Waals surface area contributed by atoms with Gasteiger partial charge in [-0.3, -0.25) is 4.79 Å². The van der Waals surface area contributed by atoms with Crippen molar-refractivity contribution >= 4 is 11.9 Å². The second-order valence-electron chi connectivity index (χ2n) is 5.16. The van der Waals surface area contributed by atoms with Crippen molar-refractivity contribution in [2.24, 2.45) is 5.92 Å². The zero-order valence-electron chi connectivity index (χ0n) is 12.6. The van der Waals surface area contributed by atoms with Crippen LogP contribution in [-0.2, 0) is 19.1 Å². The maximum atomic E-state index is 12.0. The number of methoxy groups -OCH3 is 1. The molecule has 0 aromatic carbocycles. The molecule has 0 spiro atoms. The molecule has 5 nitrogen and oxygen atoms in total. The van der Waals surface area contributed by atoms with E-state index in [4.69, 9.17) is 14.6 Å². The molecule has 0 atom stereocenters. The van der Waals surface area contributed by atoms with Crippen LogP contribution in [0.15, 0.2) is 24.0 Å². The van der Waals surface area contributed by atoms with E-state index < -0.39 is 11.9 Å². The van der Waals surface area contributed by atoms with E-state index in [1.807, 2.05) is 0 Å². The van der Waals surface area contributed by atoms with Crippen LogP contribution >= 0.6 is 0 Å². The van der Waals surface area contributed by atoms with Crippen LogP contribution in [0.4, 0.5) is 0 Å². The summed E-state index contributed by atoms with van der Waals surface area (Å²) in [5.74, 6) is -0.673. The van der Waals surface area contributed by atoms with E-state index in [0.29, 0.717) is 17.9 Å². The van der Waals surface area contributed by atoms with Crippen LogP contribution in [0.2, 0.25) is 0 Å². The molecule has 0 aliphatic heterocycles. The number of esters is 1. The van der Waals surface area contributed by atoms with Gasteiger partial charge in [-0.2, -0.15) is 0 Å². The average molecular weight is 296 g/mol. The number of ether oxygens (including phenoxy) is 2. The summed E-state index contributed by atoms with van der Waals surface area (Å²) in [5.41, 5.74) is 0.355. The van der Waals surface area contributed by atoms with Gasteiger partial charge in [0.15, 0.2) is 0 Å². The van der Waals surface area contributed by atoms with E-state index in [-0.39, 0.29) is 18.8 Å². The van der Waals surface area contributed by atoms with Crippen molar-refractivity contribution in [2.75, 3.05) is 13.7 Å². The highest BCUT2D eigenvalue weighted by Crippen LogP contribution is 2.33. The van der Waals surface area contributed by atoms with Crippen LogP contribution < -0.4 is 0 Å². The number of rotatable bonds is 8. The average Bonchev–Trinajstić information content (AvgIpc) is 2.50. The maximum Gasteiger partial charge on any atom is 0.337 e. The molecule has 1 aliphatic carbocycles. The molecule has 1 aliphatic rings. The number of aliphatic carboxylic acids is 1. The quantitative estimate of drug-likeness (QED) is 0.322. The van der Waals surface area contributed by atoms with Gasteiger partial charge in [0.2, 0.25) is 0 Å². The van der Waals surface area contributed by atoms with Crippen LogP contribution in [-0.4, -0.2) is 30.8 Å². The molecule has 21 heavy (non-hydrogen) atoms. The molecule has 1 N–H and O–H groups in total. The highest BCUT2D eigenvalue weighted by atomic mass is 16.5. The third kappa shape index (κ3) is 5.61. The standard InChI is InChI=1S/C16H24O5/c1-3-11-21-15(12-7-5-4-6-8-12)13(16(19)20-2)9-10-14(17)18/h3,12H,1,4-11H2,2H3,(H,17,18). The number of hydrogen-bond acceptors (Lipinski definition) is 4. The van der Waals surface area contributed by atoms with Crippen LogP contribution in [0.1, 0.15) is 44.9 Å². The van der Waals surface area contributed by atoms with Gasteiger partial charge >= 0.3 is 11.9 Å². The van der Waals surface area contributed by atoms with Crippen LogP contribution in [0.5, 0.6) is 0 Å². The third-order valence-corrected chi connectivity index (χ3v) is 3.65. The molecule has 118 valence electrons. The number of allylic oxidation sites excluding steroid dienone is 1. The van der Waals surface area contributed by atoms with Crippen molar-refractivity contribution < 1.29 is 24.2 Å². The second-order valence-corrected chi connectivity index (χ2v) is 5.16. The Balaban J connectivity index is 3.03. The van der Waals surface area contributed by atoms with Gasteiger partial charge in [-0.1, -0.05) is 31.9 Å². The van der Waals surface area contributed by atoms with Crippen molar-refractivity contribution in [3.05, 3.63) is 24.0 Å². The van der Waals surface area contributed by atoms with E-state index in [0.717, 1.165) is 25.7 Å². The highest BCUT2D eigenvalue weighted by molar-refractivity contribution is 5.89. The lowest BCUT2D eigenvalue weighted by Gasteiger charge is -2.26. The summed E-state index contributed by atoms with van der Waals surface area (Å²) in [4.78, 5) is 22.8. The Morgan fingerprint density at radius 3 is 2.43 bits per heavy atom. The summed E-state index contributed by atoms with van der Waals surface area (Å²) in [7, 11) is 1.30. The molecule has 1 rings (SSSR count). The molecule has 0 radical (unpaired) electrons. The molecule has 0 aromatic heterocycles. The van der Waals surface area contributed by atoms with Gasteiger partial charge < -0.3 is 14.6 Å². The van der Waals surface area contributed by atoms with E-state index in [1.165, 1.54) is 13.5 Å². The van der Waals surface area contributed by atoms with Crippen molar-refractivity contribution in [1.29, 1.82) is 0 Å². The molecule has 0 heterocycles. The Kier molecular flexibility index (Phi) is 7.58. The molecule has 0 amide bonds. The number of carbonyl (C=O) groups is 2. The fourth-order valence-corrected chi connectivity index (χ4v) is 2.65. The minimum absolute atomic E-state index is 0.113. The van der Waals surface area contributed by atoms with Crippen molar-refractivity contribution in [2.45, 2.75) is 44.9 Å². The first-order valence-corrected chi connectivity index (χ1v) is 7.37. The van der Waals surface area contributed by atoms with Crippen LogP contribution in [0.3, 0.4) is 0 Å². The Morgan fingerprint density at radius 2 is 1.90 bits per heavy atom. The lowest BCUT2D eigenvalue weighted by molar-refractivity contribution is -0.137. The molecule has 0 unspecified atom stereocenters. The smallest absolute Gasteiger partial charge is 0.337 e. The largest absolute Gasteiger partial charge is 0.493 e. The van der Waals surface area contributed by atoms with Gasteiger partial charge in [0.25, 0.3) is 0 Å². The molecule has 5 heteroatoms. The summed E-state index contributed by atoms with van der Waals surface area (Å²) >= 11 is 0. The van der Waals surface area contributed by atoms with E-state index in [2.05, 4.69) is 6.58 Å². The second kappa shape index (κ2) is 9.21. The number of carbonyl (C=O) groups excluding carboxylic acids is 1. The molecular formula is C16H24O5. The van der Waals surface area contributed by atoms with Gasteiger partial charge in [-0.25, -0.2) is 4.79 Å². The lowest BCUT2D eigenvalue weighted by Crippen LogP contribution is -2.19. The predicted octanol–water partition coefficient (Wildman–Crippen LogP) is 3.06. The highest BCUT2D eigenvalue weighted by Gasteiger charge is 2.26. The number of hydrogen-bond donors (Lipinski definition) is 1. The van der Waals surface area contributed by atoms with Gasteiger partial charge in [0, 0.05) is 12.3 Å². The summed E-state index contributed by atoms with van der Waals surface area (Å²) in [5, 5.41) is 8.85. The molecular weight excluding hydrogens is 272 g/mol. The molecule has 0 aromatic rings. The third-order valence-electron chi connectivity index (χ3n) is 3.65. The Bertz CT molecular complexity index is 405. The van der Waals surface area contributed by atoms with Crippen molar-refractivity contribution in [3.63, 3.8) is 0 Å². The normalized spacial score (nSPS) is 16.8. The van der Waals surface area contributed by atoms with Crippen molar-refractivity contribution in [1.82, 2.24) is 0 Å². The van der Waals surface area contributed by atoms with E-state index in [1.54, 1.807) is 6.08 Å². The Hall–Kier alpha value is -1.78. The fraction of sp³-hybridized carbons (Fsp3) is 0.625. The van der Waals surface area contributed by atoms with Gasteiger partial charge in [-0.15, -0.1) is 0 Å². The zero-order valence-corrected chi connectivity index (χ0v) is 12.6. The summed E-state index contributed by atoms with van der Waals surface area (Å²) in [6.07, 6.45) is 6.93. The predicted molar refractivity (Wildman–Crippen MR) is 78.6 cm³/mol. The summed E-state index contributed by atoms with van der Waals surface area (Å²) < 4.78 is 10.5. The monoisotopic (exact) mass is 296 g/mol. The SMILES string of the molecule is C=CCOC(=C(CCC(=O)O)C(=O)OC)C1CCCCC1. The maximum absolute atomic E-state index is 12.0. The lowest BCUT2D eigenvalue weighted by atomic mass is 9.85. The van der Waals surface area contributed by atoms with Crippen molar-refractivity contribution in [3.8, 4) is 0 Å². The molecule has 0 bridgehead atoms.